The highest BCUT2D eigenvalue weighted by atomic mass is 32.2. The standard InChI is InChI=1S/C13H17NO6S.C9H11N3O2.C7H6N4O.C7H10O4S.C6H9NO3.C2H6.4CH4/c1-6(2)13(16)14-5-10(15)19-11-7-3-8-9(4-7)21(17,18)20-12(8)11;1-7(2)9(14)11-5-8(13)12-4-3-10-6-12;12-7(10-3-1-8-5-10)11-4-2-9-6-11;8-6-3-1-4-5(2-3)12(9,10)11-7(4)6;1-4(2)6(10)7-3-5(8)9;1-2;;;;/h7-9,11-12H,1,3-5H2,2H3,(H,14,16);3-4,6H,1,5H2,2H3,(H,11,14);1-6H;3-8H,1-2H2;1,3H2,2H3,(H,7,10)(H,8,9);1-2H3;4*1H4. The number of hydrogen-bond acceptors (Lipinski definition) is 18. The van der Waals surface area contributed by atoms with Gasteiger partial charge in [0.05, 0.1) is 23.1 Å². The molecule has 3 aromatic rings. The van der Waals surface area contributed by atoms with Crippen molar-refractivity contribution in [1.29, 1.82) is 0 Å². The normalized spacial score (nSPS) is 24.8. The van der Waals surface area contributed by atoms with E-state index in [0.29, 0.717) is 36.0 Å². The zero-order valence-corrected chi connectivity index (χ0v) is 41.3. The minimum Gasteiger partial charge on any atom is -0.480 e. The summed E-state index contributed by atoms with van der Waals surface area (Å²) in [6.07, 6.45) is 14.2. The molecule has 0 aromatic carbocycles. The number of carbonyl (C=O) groups excluding carboxylic acids is 6. The number of ether oxygens (including phenoxy) is 1. The zero-order valence-electron chi connectivity index (χ0n) is 39.7. The van der Waals surface area contributed by atoms with Crippen LogP contribution < -0.4 is 16.0 Å². The maximum atomic E-state index is 11.8. The van der Waals surface area contributed by atoms with Crippen LogP contribution in [0.15, 0.2) is 92.6 Å². The first-order chi connectivity index (χ1) is 33.4. The Bertz CT molecular complexity index is 2620. The van der Waals surface area contributed by atoms with E-state index in [-0.39, 0.29) is 96.1 Å². The van der Waals surface area contributed by atoms with E-state index in [0.717, 1.165) is 6.42 Å². The van der Waals surface area contributed by atoms with Gasteiger partial charge in [-0.25, -0.2) is 19.7 Å². The molecular weight excluding hydrogens is 1020 g/mol. The quantitative estimate of drug-likeness (QED) is 0.110. The summed E-state index contributed by atoms with van der Waals surface area (Å²) in [6, 6.07) is -0.190. The first kappa shape index (κ1) is 68.3. The van der Waals surface area contributed by atoms with Crippen LogP contribution in [0.2, 0.25) is 0 Å². The number of amides is 3. The Kier molecular flexibility index (Phi) is 27.3. The molecule has 3 amide bonds. The molecule has 0 spiro atoms. The highest BCUT2D eigenvalue weighted by Gasteiger charge is 2.65. The van der Waals surface area contributed by atoms with E-state index in [2.05, 4.69) is 50.6 Å². The van der Waals surface area contributed by atoms with Gasteiger partial charge in [0.2, 0.25) is 17.7 Å². The third kappa shape index (κ3) is 17.7. The molecule has 420 valence electrons. The third-order valence-electron chi connectivity index (χ3n) is 11.7. The topological polar surface area (TPSA) is 345 Å². The first-order valence-electron chi connectivity index (χ1n) is 22.2. The monoisotopic (exact) mass is 1100 g/mol. The second-order valence-corrected chi connectivity index (χ2v) is 20.4. The highest BCUT2D eigenvalue weighted by molar-refractivity contribution is 7.88. The lowest BCUT2D eigenvalue weighted by molar-refractivity contribution is -0.155. The van der Waals surface area contributed by atoms with E-state index >= 15 is 0 Å². The third-order valence-corrected chi connectivity index (χ3v) is 15.3. The number of aromatic nitrogens is 6. The van der Waals surface area contributed by atoms with E-state index in [9.17, 15) is 55.5 Å². The lowest BCUT2D eigenvalue weighted by Crippen LogP contribution is -2.40. The summed E-state index contributed by atoms with van der Waals surface area (Å²) in [4.78, 5) is 88.5. The summed E-state index contributed by atoms with van der Waals surface area (Å²) in [6.45, 7) is 18.2. The number of fused-ring (bicyclic) bond motifs is 2. The Balaban J connectivity index is 0.000000915. The molecule has 10 unspecified atom stereocenters. The Hall–Kier alpha value is -6.68. The molecule has 9 rings (SSSR count). The smallest absolute Gasteiger partial charge is 0.338 e. The maximum absolute atomic E-state index is 11.8. The number of aliphatic hydroxyl groups is 1. The van der Waals surface area contributed by atoms with Gasteiger partial charge in [-0.1, -0.05) is 63.3 Å². The van der Waals surface area contributed by atoms with Gasteiger partial charge in [-0.3, -0.25) is 50.8 Å². The summed E-state index contributed by atoms with van der Waals surface area (Å²) < 4.78 is 65.5. The van der Waals surface area contributed by atoms with Gasteiger partial charge in [0, 0.05) is 71.7 Å². The van der Waals surface area contributed by atoms with Crippen molar-refractivity contribution < 1.29 is 73.7 Å². The van der Waals surface area contributed by atoms with Gasteiger partial charge < -0.3 is 30.9 Å². The van der Waals surface area contributed by atoms with E-state index in [1.807, 2.05) is 13.8 Å². The summed E-state index contributed by atoms with van der Waals surface area (Å²) in [5.74, 6) is -2.85. The van der Waals surface area contributed by atoms with Crippen LogP contribution >= 0.6 is 0 Å². The summed E-state index contributed by atoms with van der Waals surface area (Å²) in [5.41, 5.74) is 0.987. The number of aliphatic hydroxyl groups excluding tert-OH is 1. The average molecular weight is 1100 g/mol. The fraction of sp³-hybridized carbons (Fsp3) is 0.542. The lowest BCUT2D eigenvalue weighted by atomic mass is 9.94. The minimum atomic E-state index is -3.51. The lowest BCUT2D eigenvalue weighted by Gasteiger charge is -2.24. The van der Waals surface area contributed by atoms with Gasteiger partial charge in [0.15, 0.2) is 0 Å². The number of rotatable bonds is 10. The number of carboxylic acid groups (broad SMARTS) is 1. The molecule has 25 nitrogen and oxygen atoms in total. The van der Waals surface area contributed by atoms with Crippen LogP contribution in [-0.2, 0) is 57.3 Å². The number of esters is 1. The molecule has 10 atom stereocenters. The van der Waals surface area contributed by atoms with Crippen molar-refractivity contribution >= 4 is 61.8 Å². The zero-order chi connectivity index (χ0) is 53.0. The van der Waals surface area contributed by atoms with Crippen molar-refractivity contribution in [2.75, 3.05) is 19.6 Å². The number of carboxylic acids is 1. The molecular formula is C48H75N9O16S2. The van der Waals surface area contributed by atoms with E-state index in [1.165, 1.54) is 58.9 Å². The second-order valence-electron chi connectivity index (χ2n) is 16.8. The van der Waals surface area contributed by atoms with Crippen LogP contribution in [0.1, 0.15) is 94.8 Å². The number of carbonyl (C=O) groups is 7. The van der Waals surface area contributed by atoms with Crippen LogP contribution in [0, 0.1) is 23.7 Å². The summed E-state index contributed by atoms with van der Waals surface area (Å²) in [5, 5.41) is 23.9. The number of nitrogens with one attached hydrogen (secondary N) is 3. The number of aliphatic carboxylic acids is 1. The number of hydrogen-bond donors (Lipinski definition) is 5. The number of nitrogens with zero attached hydrogens (tertiary/aromatic N) is 6. The Morgan fingerprint density at radius 2 is 1.00 bits per heavy atom. The van der Waals surface area contributed by atoms with Crippen LogP contribution in [0.25, 0.3) is 0 Å². The molecule has 27 heteroatoms. The van der Waals surface area contributed by atoms with E-state index in [4.69, 9.17) is 18.2 Å². The predicted molar refractivity (Wildman–Crippen MR) is 276 cm³/mol. The molecule has 6 aliphatic rings. The van der Waals surface area contributed by atoms with E-state index < -0.39 is 73.7 Å². The van der Waals surface area contributed by atoms with Crippen molar-refractivity contribution in [3.8, 4) is 0 Å². The minimum absolute atomic E-state index is 0. The molecule has 4 saturated carbocycles. The molecule has 2 aliphatic heterocycles. The Morgan fingerprint density at radius 3 is 1.40 bits per heavy atom. The van der Waals surface area contributed by atoms with Crippen molar-refractivity contribution in [2.45, 2.75) is 125 Å². The second kappa shape index (κ2) is 30.0. The predicted octanol–water partition coefficient (Wildman–Crippen LogP) is 3.36. The van der Waals surface area contributed by atoms with Gasteiger partial charge in [-0.05, 0) is 52.4 Å². The van der Waals surface area contributed by atoms with Crippen LogP contribution in [-0.4, -0.2) is 152 Å². The van der Waals surface area contributed by atoms with Gasteiger partial charge in [0.25, 0.3) is 26.1 Å². The molecule has 4 bridgehead atoms. The van der Waals surface area contributed by atoms with Gasteiger partial charge in [-0.15, -0.1) is 0 Å². The molecule has 2 saturated heterocycles. The van der Waals surface area contributed by atoms with Gasteiger partial charge >= 0.3 is 18.0 Å². The Morgan fingerprint density at radius 1 is 0.613 bits per heavy atom. The SMILES string of the molecule is C.C.C.C.C=C(C)C(=O)NCC(=O)O.C=C(C)C(=O)NCC(=O)OC1C2CC3C1OS(=O)(=O)C3C2.C=C(C)C(=O)NCC(=O)n1ccnc1.CC.O=C(n1ccnc1)n1ccnc1.O=S1(=O)OC2C(O)C3CC2C1C3. The summed E-state index contributed by atoms with van der Waals surface area (Å²) in [7, 11) is -6.83. The number of imidazole rings is 3. The van der Waals surface area contributed by atoms with E-state index in [1.54, 1.807) is 31.7 Å². The van der Waals surface area contributed by atoms with Crippen molar-refractivity contribution in [3.05, 3.63) is 92.6 Å². The molecule has 6 fully saturated rings. The summed E-state index contributed by atoms with van der Waals surface area (Å²) >= 11 is 0. The maximum Gasteiger partial charge on any atom is 0.338 e. The molecule has 5 heterocycles. The van der Waals surface area contributed by atoms with Gasteiger partial charge in [-0.2, -0.15) is 16.8 Å². The highest BCUT2D eigenvalue weighted by Crippen LogP contribution is 2.56. The average Bonchev–Trinajstić information content (AvgIpc) is 4.19. The van der Waals surface area contributed by atoms with Crippen LogP contribution in [0.3, 0.4) is 0 Å². The Labute approximate surface area is 439 Å². The molecule has 75 heavy (non-hydrogen) atoms. The fourth-order valence-corrected chi connectivity index (χ4v) is 12.2. The molecule has 0 radical (unpaired) electrons. The van der Waals surface area contributed by atoms with Crippen LogP contribution in [0.4, 0.5) is 4.79 Å². The molecule has 5 N–H and O–H groups in total. The molecule has 3 aromatic heterocycles. The van der Waals surface area contributed by atoms with Crippen molar-refractivity contribution in [3.63, 3.8) is 0 Å². The van der Waals surface area contributed by atoms with Crippen molar-refractivity contribution in [2.24, 2.45) is 23.7 Å². The molecule has 4 aliphatic carbocycles. The fourth-order valence-electron chi connectivity index (χ4n) is 8.43. The largest absolute Gasteiger partial charge is 0.480 e. The first-order valence-corrected chi connectivity index (χ1v) is 25.1. The van der Waals surface area contributed by atoms with Crippen LogP contribution in [0.5, 0.6) is 0 Å². The van der Waals surface area contributed by atoms with Crippen molar-refractivity contribution in [1.82, 2.24) is 44.6 Å². The van der Waals surface area contributed by atoms with Gasteiger partial charge in [0.1, 0.15) is 50.4 Å².